The minimum atomic E-state index is -0.663. The highest BCUT2D eigenvalue weighted by Crippen LogP contribution is 2.29. The molecular formula is C12H15BrN4OS. The first-order valence-electron chi connectivity index (χ1n) is 5.74. The summed E-state index contributed by atoms with van der Waals surface area (Å²) in [6.07, 6.45) is 5.08. The number of imidazole rings is 1. The average molecular weight is 343 g/mol. The highest BCUT2D eigenvalue weighted by Gasteiger charge is 2.20. The quantitative estimate of drug-likeness (QED) is 0.863. The van der Waals surface area contributed by atoms with E-state index in [1.807, 2.05) is 24.8 Å². The number of hydrogen-bond donors (Lipinski definition) is 1. The van der Waals surface area contributed by atoms with Gasteiger partial charge in [-0.1, -0.05) is 11.8 Å². The van der Waals surface area contributed by atoms with E-state index in [4.69, 9.17) is 0 Å². The van der Waals surface area contributed by atoms with Crippen molar-refractivity contribution in [3.8, 4) is 0 Å². The summed E-state index contributed by atoms with van der Waals surface area (Å²) in [6, 6.07) is 0. The molecule has 102 valence electrons. The standard InChI is InChI=1S/C12H15BrN4OS/c1-7-5-14-6-8(15-7)4-9(18)10-11(13)16-12(19-3)17(10)2/h5-6,9,18H,4H2,1-3H3/t9-/m0/s1. The van der Waals surface area contributed by atoms with Crippen LogP contribution in [-0.4, -0.2) is 30.9 Å². The summed E-state index contributed by atoms with van der Waals surface area (Å²) < 4.78 is 2.57. The van der Waals surface area contributed by atoms with E-state index in [1.54, 1.807) is 12.4 Å². The lowest BCUT2D eigenvalue weighted by molar-refractivity contribution is 0.167. The van der Waals surface area contributed by atoms with Gasteiger partial charge in [0.2, 0.25) is 0 Å². The lowest BCUT2D eigenvalue weighted by Crippen LogP contribution is -2.09. The average Bonchev–Trinajstić information content (AvgIpc) is 2.64. The molecule has 2 rings (SSSR count). The zero-order valence-corrected chi connectivity index (χ0v) is 13.4. The fraction of sp³-hybridized carbons (Fsp3) is 0.417. The zero-order valence-electron chi connectivity index (χ0n) is 11.0. The van der Waals surface area contributed by atoms with Crippen molar-refractivity contribution in [2.24, 2.45) is 7.05 Å². The Hall–Kier alpha value is -0.920. The van der Waals surface area contributed by atoms with Crippen LogP contribution in [0.15, 0.2) is 22.2 Å². The highest BCUT2D eigenvalue weighted by atomic mass is 79.9. The molecule has 0 aliphatic carbocycles. The fourth-order valence-corrected chi connectivity index (χ4v) is 3.28. The third kappa shape index (κ3) is 3.16. The Morgan fingerprint density at radius 2 is 2.16 bits per heavy atom. The van der Waals surface area contributed by atoms with Crippen LogP contribution in [-0.2, 0) is 13.5 Å². The van der Waals surface area contributed by atoms with Gasteiger partial charge >= 0.3 is 0 Å². The predicted molar refractivity (Wildman–Crippen MR) is 78.1 cm³/mol. The molecule has 1 N–H and O–H groups in total. The van der Waals surface area contributed by atoms with Gasteiger partial charge in [0.25, 0.3) is 0 Å². The van der Waals surface area contributed by atoms with Crippen LogP contribution in [0.3, 0.4) is 0 Å². The Labute approximate surface area is 124 Å². The van der Waals surface area contributed by atoms with Crippen molar-refractivity contribution >= 4 is 27.7 Å². The van der Waals surface area contributed by atoms with Crippen LogP contribution >= 0.6 is 27.7 Å². The minimum absolute atomic E-state index is 0.417. The highest BCUT2D eigenvalue weighted by molar-refractivity contribution is 9.10. The second-order valence-corrected chi connectivity index (χ2v) is 5.73. The van der Waals surface area contributed by atoms with Gasteiger partial charge in [-0.15, -0.1) is 0 Å². The number of aliphatic hydroxyl groups is 1. The first kappa shape index (κ1) is 14.5. The van der Waals surface area contributed by atoms with Crippen LogP contribution in [0.5, 0.6) is 0 Å². The maximum Gasteiger partial charge on any atom is 0.168 e. The Kier molecular flexibility index (Phi) is 4.59. The van der Waals surface area contributed by atoms with Crippen LogP contribution < -0.4 is 0 Å². The summed E-state index contributed by atoms with van der Waals surface area (Å²) >= 11 is 4.94. The molecule has 0 radical (unpaired) electrons. The predicted octanol–water partition coefficient (Wildman–Crippen LogP) is 2.28. The van der Waals surface area contributed by atoms with Crippen molar-refractivity contribution in [1.29, 1.82) is 0 Å². The molecule has 2 aromatic heterocycles. The molecule has 7 heteroatoms. The number of nitrogens with zero attached hydrogens (tertiary/aromatic N) is 4. The molecule has 0 aliphatic rings. The summed E-state index contributed by atoms with van der Waals surface area (Å²) in [7, 11) is 1.89. The monoisotopic (exact) mass is 342 g/mol. The third-order valence-corrected chi connectivity index (χ3v) is 4.07. The molecule has 0 unspecified atom stereocenters. The molecule has 0 saturated carbocycles. The summed E-state index contributed by atoms with van der Waals surface area (Å²) in [6.45, 7) is 1.88. The smallest absolute Gasteiger partial charge is 0.168 e. The number of halogens is 1. The van der Waals surface area contributed by atoms with Crippen LogP contribution in [0.1, 0.15) is 23.2 Å². The molecule has 1 atom stereocenters. The maximum atomic E-state index is 10.4. The number of aromatic nitrogens is 4. The van der Waals surface area contributed by atoms with Gasteiger partial charge in [-0.05, 0) is 29.1 Å². The van der Waals surface area contributed by atoms with Gasteiger partial charge in [-0.25, -0.2) is 4.98 Å². The number of aryl methyl sites for hydroxylation is 1. The molecule has 0 spiro atoms. The molecule has 0 fully saturated rings. The van der Waals surface area contributed by atoms with E-state index < -0.39 is 6.10 Å². The lowest BCUT2D eigenvalue weighted by Gasteiger charge is -2.12. The van der Waals surface area contributed by atoms with Gasteiger partial charge in [-0.2, -0.15) is 0 Å². The van der Waals surface area contributed by atoms with Gasteiger partial charge in [0, 0.05) is 25.9 Å². The van der Waals surface area contributed by atoms with Gasteiger partial charge in [0.1, 0.15) is 10.7 Å². The molecule has 19 heavy (non-hydrogen) atoms. The second-order valence-electron chi connectivity index (χ2n) is 4.21. The second kappa shape index (κ2) is 6.02. The summed E-state index contributed by atoms with van der Waals surface area (Å²) in [4.78, 5) is 12.8. The van der Waals surface area contributed by atoms with Gasteiger partial charge in [-0.3, -0.25) is 9.97 Å². The van der Waals surface area contributed by atoms with Crippen LogP contribution in [0.4, 0.5) is 0 Å². The van der Waals surface area contributed by atoms with Crippen molar-refractivity contribution in [2.45, 2.75) is 24.6 Å². The molecule has 2 heterocycles. The Balaban J connectivity index is 2.25. The number of hydrogen-bond acceptors (Lipinski definition) is 5. The van der Waals surface area contributed by atoms with Gasteiger partial charge < -0.3 is 9.67 Å². The normalized spacial score (nSPS) is 12.7. The number of rotatable bonds is 4. The molecule has 5 nitrogen and oxygen atoms in total. The maximum absolute atomic E-state index is 10.4. The Bertz CT molecular complexity index is 587. The minimum Gasteiger partial charge on any atom is -0.386 e. The largest absolute Gasteiger partial charge is 0.386 e. The number of aliphatic hydroxyl groups excluding tert-OH is 1. The van der Waals surface area contributed by atoms with Gasteiger partial charge in [0.15, 0.2) is 5.16 Å². The summed E-state index contributed by atoms with van der Waals surface area (Å²) in [5, 5.41) is 11.2. The van der Waals surface area contributed by atoms with E-state index in [-0.39, 0.29) is 0 Å². The van der Waals surface area contributed by atoms with Crippen molar-refractivity contribution in [2.75, 3.05) is 6.26 Å². The van der Waals surface area contributed by atoms with Crippen molar-refractivity contribution in [1.82, 2.24) is 19.5 Å². The van der Waals surface area contributed by atoms with Crippen molar-refractivity contribution < 1.29 is 5.11 Å². The number of thioether (sulfide) groups is 1. The van der Waals surface area contributed by atoms with Crippen molar-refractivity contribution in [3.05, 3.63) is 34.1 Å². The molecule has 0 aliphatic heterocycles. The molecule has 2 aromatic rings. The van der Waals surface area contributed by atoms with Gasteiger partial charge in [0.05, 0.1) is 17.1 Å². The third-order valence-electron chi connectivity index (χ3n) is 2.76. The van der Waals surface area contributed by atoms with Crippen molar-refractivity contribution in [3.63, 3.8) is 0 Å². The summed E-state index contributed by atoms with van der Waals surface area (Å²) in [5.41, 5.74) is 2.37. The van der Waals surface area contributed by atoms with E-state index in [1.165, 1.54) is 11.8 Å². The molecule has 0 aromatic carbocycles. The Morgan fingerprint density at radius 1 is 1.42 bits per heavy atom. The fourth-order valence-electron chi connectivity index (χ4n) is 1.91. The molecule has 0 bridgehead atoms. The molecule has 0 amide bonds. The van der Waals surface area contributed by atoms with E-state index >= 15 is 0 Å². The summed E-state index contributed by atoms with van der Waals surface area (Å²) in [5.74, 6) is 0. The molecule has 0 saturated heterocycles. The lowest BCUT2D eigenvalue weighted by atomic mass is 10.1. The SMILES string of the molecule is CSc1nc(Br)c([C@@H](O)Cc2cncc(C)n2)n1C. The van der Waals surface area contributed by atoms with Crippen LogP contribution in [0, 0.1) is 6.92 Å². The first-order chi connectivity index (χ1) is 9.02. The molecular weight excluding hydrogens is 328 g/mol. The Morgan fingerprint density at radius 3 is 2.74 bits per heavy atom. The topological polar surface area (TPSA) is 63.8 Å². The van der Waals surface area contributed by atoms with Crippen LogP contribution in [0.25, 0.3) is 0 Å². The van der Waals surface area contributed by atoms with E-state index in [2.05, 4.69) is 30.9 Å². The van der Waals surface area contributed by atoms with Crippen LogP contribution in [0.2, 0.25) is 0 Å². The zero-order chi connectivity index (χ0) is 14.0. The van der Waals surface area contributed by atoms with E-state index in [9.17, 15) is 5.11 Å². The van der Waals surface area contributed by atoms with E-state index in [0.717, 1.165) is 22.2 Å². The van der Waals surface area contributed by atoms with E-state index in [0.29, 0.717) is 11.0 Å². The first-order valence-corrected chi connectivity index (χ1v) is 7.76.